The molecule has 2 heterocycles. The van der Waals surface area contributed by atoms with Gasteiger partial charge < -0.3 is 9.47 Å². The van der Waals surface area contributed by atoms with Gasteiger partial charge in [-0.3, -0.25) is 14.5 Å². The van der Waals surface area contributed by atoms with E-state index in [0.29, 0.717) is 22.8 Å². The van der Waals surface area contributed by atoms with Gasteiger partial charge in [-0.2, -0.15) is 0 Å². The molecule has 2 aromatic carbocycles. The molecular weight excluding hydrogens is 465 g/mol. The second kappa shape index (κ2) is 10.0. The molecule has 0 atom stereocenters. The molecule has 0 unspecified atom stereocenters. The maximum Gasteiger partial charge on any atom is 0.353 e. The van der Waals surface area contributed by atoms with Crippen molar-refractivity contribution in [2.24, 2.45) is 0 Å². The lowest BCUT2D eigenvalue weighted by atomic mass is 10.1. The van der Waals surface area contributed by atoms with E-state index in [9.17, 15) is 18.8 Å². The summed E-state index contributed by atoms with van der Waals surface area (Å²) in [6, 6.07) is 14.3. The number of ether oxygens (including phenoxy) is 2. The molecule has 0 saturated carbocycles. The van der Waals surface area contributed by atoms with E-state index < -0.39 is 22.9 Å². The average molecular weight is 484 g/mol. The monoisotopic (exact) mass is 483 g/mol. The SMILES string of the molecule is CCOc1cc(/C=C2\SC(=O)N(Cc3ccccc3F)C2=O)ccc1OC(=O)c1cccs1. The standard InChI is InChI=1S/C24H18FNO5S2/c1-2-30-19-12-15(9-10-18(19)31-23(28)20-8-5-11-32-20)13-21-22(27)26(24(29)33-21)14-16-6-3-4-7-17(16)25/h3-13H,2,14H2,1H3/b21-13-. The van der Waals surface area contributed by atoms with Crippen LogP contribution in [0.2, 0.25) is 0 Å². The van der Waals surface area contributed by atoms with E-state index in [1.54, 1.807) is 60.8 Å². The quantitative estimate of drug-likeness (QED) is 0.242. The highest BCUT2D eigenvalue weighted by Crippen LogP contribution is 2.36. The zero-order chi connectivity index (χ0) is 23.4. The average Bonchev–Trinajstić information content (AvgIpc) is 3.42. The molecular formula is C24H18FNO5S2. The normalized spacial score (nSPS) is 14.7. The fraction of sp³-hybridized carbons (Fsp3) is 0.125. The van der Waals surface area contributed by atoms with Gasteiger partial charge in [-0.05, 0) is 60.0 Å². The van der Waals surface area contributed by atoms with Gasteiger partial charge in [0, 0.05) is 5.56 Å². The van der Waals surface area contributed by atoms with Gasteiger partial charge >= 0.3 is 5.97 Å². The number of halogens is 1. The summed E-state index contributed by atoms with van der Waals surface area (Å²) in [6.45, 7) is 1.99. The molecule has 33 heavy (non-hydrogen) atoms. The summed E-state index contributed by atoms with van der Waals surface area (Å²) in [5.41, 5.74) is 0.849. The Hall–Kier alpha value is -3.43. The molecule has 6 nitrogen and oxygen atoms in total. The first-order chi connectivity index (χ1) is 16.0. The number of hydrogen-bond acceptors (Lipinski definition) is 7. The van der Waals surface area contributed by atoms with Crippen molar-refractivity contribution in [1.29, 1.82) is 0 Å². The number of amides is 2. The zero-order valence-electron chi connectivity index (χ0n) is 17.4. The van der Waals surface area contributed by atoms with E-state index in [1.165, 1.54) is 23.5 Å². The predicted octanol–water partition coefficient (Wildman–Crippen LogP) is 5.74. The molecule has 1 aliphatic heterocycles. The number of rotatable bonds is 7. The molecule has 1 aromatic heterocycles. The Labute approximate surface area is 197 Å². The highest BCUT2D eigenvalue weighted by molar-refractivity contribution is 8.18. The molecule has 0 N–H and O–H groups in total. The van der Waals surface area contributed by atoms with Crippen LogP contribution in [0.4, 0.5) is 9.18 Å². The Morgan fingerprint density at radius 1 is 1.09 bits per heavy atom. The van der Waals surface area contributed by atoms with Crippen molar-refractivity contribution in [3.05, 3.63) is 86.7 Å². The van der Waals surface area contributed by atoms with Crippen LogP contribution in [0.1, 0.15) is 27.7 Å². The van der Waals surface area contributed by atoms with Crippen LogP contribution in [0, 0.1) is 5.82 Å². The minimum absolute atomic E-state index is 0.142. The number of imide groups is 1. The van der Waals surface area contributed by atoms with Crippen molar-refractivity contribution < 1.29 is 28.2 Å². The van der Waals surface area contributed by atoms with Gasteiger partial charge in [-0.25, -0.2) is 9.18 Å². The molecule has 2 amide bonds. The van der Waals surface area contributed by atoms with Gasteiger partial charge in [0.2, 0.25) is 0 Å². The van der Waals surface area contributed by atoms with Crippen molar-refractivity contribution >= 4 is 46.3 Å². The first kappa shape index (κ1) is 22.8. The number of hydrogen-bond donors (Lipinski definition) is 0. The number of esters is 1. The smallest absolute Gasteiger partial charge is 0.353 e. The molecule has 0 aliphatic carbocycles. The first-order valence-corrected chi connectivity index (χ1v) is 11.7. The number of carbonyl (C=O) groups is 3. The number of benzene rings is 2. The highest BCUT2D eigenvalue weighted by atomic mass is 32.2. The van der Waals surface area contributed by atoms with Crippen LogP contribution in [0.15, 0.2) is 64.9 Å². The van der Waals surface area contributed by atoms with Crippen molar-refractivity contribution in [2.75, 3.05) is 6.61 Å². The lowest BCUT2D eigenvalue weighted by molar-refractivity contribution is -0.123. The van der Waals surface area contributed by atoms with Crippen molar-refractivity contribution in [3.63, 3.8) is 0 Å². The van der Waals surface area contributed by atoms with Crippen molar-refractivity contribution in [2.45, 2.75) is 13.5 Å². The molecule has 1 aliphatic rings. The van der Waals surface area contributed by atoms with Crippen LogP contribution in [0.5, 0.6) is 11.5 Å². The Morgan fingerprint density at radius 2 is 1.91 bits per heavy atom. The van der Waals surface area contributed by atoms with E-state index >= 15 is 0 Å². The highest BCUT2D eigenvalue weighted by Gasteiger charge is 2.35. The Morgan fingerprint density at radius 3 is 2.64 bits per heavy atom. The molecule has 0 bridgehead atoms. The lowest BCUT2D eigenvalue weighted by Crippen LogP contribution is -2.27. The molecule has 0 radical (unpaired) electrons. The molecule has 3 aromatic rings. The summed E-state index contributed by atoms with van der Waals surface area (Å²) in [4.78, 5) is 39.1. The van der Waals surface area contributed by atoms with Crippen LogP contribution in [-0.4, -0.2) is 28.6 Å². The number of thioether (sulfide) groups is 1. The van der Waals surface area contributed by atoms with Gasteiger partial charge in [-0.1, -0.05) is 30.3 Å². The fourth-order valence-corrected chi connectivity index (χ4v) is 4.53. The zero-order valence-corrected chi connectivity index (χ0v) is 19.1. The van der Waals surface area contributed by atoms with Crippen LogP contribution in [0.3, 0.4) is 0 Å². The number of carbonyl (C=O) groups excluding carboxylic acids is 3. The topological polar surface area (TPSA) is 72.9 Å². The van der Waals surface area contributed by atoms with Crippen LogP contribution >= 0.6 is 23.1 Å². The summed E-state index contributed by atoms with van der Waals surface area (Å²) in [5.74, 6) is -0.885. The second-order valence-electron chi connectivity index (χ2n) is 6.87. The molecule has 4 rings (SSSR count). The van der Waals surface area contributed by atoms with Gasteiger partial charge in [0.15, 0.2) is 11.5 Å². The van der Waals surface area contributed by atoms with Crippen LogP contribution in [0.25, 0.3) is 6.08 Å². The third-order valence-electron chi connectivity index (χ3n) is 4.65. The van der Waals surface area contributed by atoms with E-state index in [2.05, 4.69) is 0 Å². The van der Waals surface area contributed by atoms with E-state index in [-0.39, 0.29) is 22.8 Å². The summed E-state index contributed by atoms with van der Waals surface area (Å²) < 4.78 is 25.0. The molecule has 1 saturated heterocycles. The lowest BCUT2D eigenvalue weighted by Gasteiger charge is -2.13. The van der Waals surface area contributed by atoms with Crippen LogP contribution in [-0.2, 0) is 11.3 Å². The van der Waals surface area contributed by atoms with Crippen molar-refractivity contribution in [1.82, 2.24) is 4.90 Å². The summed E-state index contributed by atoms with van der Waals surface area (Å²) in [6.07, 6.45) is 1.56. The van der Waals surface area contributed by atoms with E-state index in [4.69, 9.17) is 9.47 Å². The third kappa shape index (κ3) is 5.15. The predicted molar refractivity (Wildman–Crippen MR) is 125 cm³/mol. The van der Waals surface area contributed by atoms with Crippen LogP contribution < -0.4 is 9.47 Å². The number of thiophene rings is 1. The van der Waals surface area contributed by atoms with Gasteiger partial charge in [0.05, 0.1) is 18.1 Å². The van der Waals surface area contributed by atoms with Gasteiger partial charge in [0.1, 0.15) is 10.7 Å². The largest absolute Gasteiger partial charge is 0.490 e. The van der Waals surface area contributed by atoms with Crippen molar-refractivity contribution in [3.8, 4) is 11.5 Å². The summed E-state index contributed by atoms with van der Waals surface area (Å²) >= 11 is 2.06. The Bertz CT molecular complexity index is 1240. The van der Waals surface area contributed by atoms with E-state index in [0.717, 1.165) is 16.7 Å². The molecule has 168 valence electrons. The Balaban J connectivity index is 1.55. The maximum atomic E-state index is 14.0. The minimum atomic E-state index is -0.501. The minimum Gasteiger partial charge on any atom is -0.490 e. The van der Waals surface area contributed by atoms with E-state index in [1.807, 2.05) is 0 Å². The molecule has 1 fully saturated rings. The summed E-state index contributed by atoms with van der Waals surface area (Å²) in [5, 5.41) is 1.31. The second-order valence-corrected chi connectivity index (χ2v) is 8.81. The number of nitrogens with zero attached hydrogens (tertiary/aromatic N) is 1. The Kier molecular flexibility index (Phi) is 6.90. The summed E-state index contributed by atoms with van der Waals surface area (Å²) in [7, 11) is 0. The third-order valence-corrected chi connectivity index (χ3v) is 6.41. The van der Waals surface area contributed by atoms with Gasteiger partial charge in [-0.15, -0.1) is 11.3 Å². The maximum absolute atomic E-state index is 14.0. The molecule has 0 spiro atoms. The van der Waals surface area contributed by atoms with Gasteiger partial charge in [0.25, 0.3) is 11.1 Å². The fourth-order valence-electron chi connectivity index (χ4n) is 3.10. The molecule has 9 heteroatoms. The first-order valence-electron chi connectivity index (χ1n) is 9.97.